The van der Waals surface area contributed by atoms with E-state index in [2.05, 4.69) is 25.5 Å². The molecular formula is C23H18ClN7OS. The standard InChI is InChI=1S/C23H18ClN7OS/c1-14-10-20(28-23(32)17-8-3-4-9-19(17)33-2)31(29-14)22-18-12-27-30(21(18)25-13-26-22)16-7-5-6-15(24)11-16/h3-13H,1-2H3,(H,28,32). The van der Waals surface area contributed by atoms with Crippen molar-refractivity contribution < 1.29 is 4.79 Å². The van der Waals surface area contributed by atoms with Gasteiger partial charge in [-0.05, 0) is 43.5 Å². The number of amides is 1. The third-order valence-electron chi connectivity index (χ3n) is 5.02. The van der Waals surface area contributed by atoms with Crippen LogP contribution in [0.2, 0.25) is 5.02 Å². The van der Waals surface area contributed by atoms with Crippen molar-refractivity contribution in [1.29, 1.82) is 0 Å². The molecule has 33 heavy (non-hydrogen) atoms. The van der Waals surface area contributed by atoms with Crippen LogP contribution in [0, 0.1) is 6.92 Å². The number of hydrogen-bond donors (Lipinski definition) is 1. The van der Waals surface area contributed by atoms with Crippen LogP contribution in [-0.2, 0) is 0 Å². The first-order valence-corrected chi connectivity index (χ1v) is 11.6. The van der Waals surface area contributed by atoms with Gasteiger partial charge in [0, 0.05) is 16.0 Å². The van der Waals surface area contributed by atoms with Gasteiger partial charge >= 0.3 is 0 Å². The minimum Gasteiger partial charge on any atom is -0.306 e. The van der Waals surface area contributed by atoms with Gasteiger partial charge in [-0.2, -0.15) is 14.9 Å². The van der Waals surface area contributed by atoms with Gasteiger partial charge in [-0.3, -0.25) is 4.79 Å². The third-order valence-corrected chi connectivity index (χ3v) is 6.05. The summed E-state index contributed by atoms with van der Waals surface area (Å²) in [6, 6.07) is 16.6. The summed E-state index contributed by atoms with van der Waals surface area (Å²) >= 11 is 7.67. The fourth-order valence-corrected chi connectivity index (χ4v) is 4.34. The van der Waals surface area contributed by atoms with Gasteiger partial charge in [0.2, 0.25) is 0 Å². The summed E-state index contributed by atoms with van der Waals surface area (Å²) in [5, 5.41) is 13.3. The van der Waals surface area contributed by atoms with Crippen molar-refractivity contribution in [2.45, 2.75) is 11.8 Å². The molecule has 1 amide bonds. The molecule has 0 atom stereocenters. The Morgan fingerprint density at radius 1 is 1.06 bits per heavy atom. The van der Waals surface area contributed by atoms with Gasteiger partial charge in [0.05, 0.1) is 28.5 Å². The number of anilines is 1. The summed E-state index contributed by atoms with van der Waals surface area (Å²) < 4.78 is 3.29. The van der Waals surface area contributed by atoms with E-state index in [-0.39, 0.29) is 5.91 Å². The Bertz CT molecular complexity index is 1490. The monoisotopic (exact) mass is 475 g/mol. The molecule has 1 N–H and O–H groups in total. The molecule has 0 aliphatic rings. The van der Waals surface area contributed by atoms with E-state index in [1.54, 1.807) is 33.8 Å². The summed E-state index contributed by atoms with van der Waals surface area (Å²) in [7, 11) is 0. The van der Waals surface area contributed by atoms with Gasteiger partial charge in [-0.15, -0.1) is 11.8 Å². The first-order valence-electron chi connectivity index (χ1n) is 10.0. The third kappa shape index (κ3) is 3.96. The highest BCUT2D eigenvalue weighted by Gasteiger charge is 2.19. The SMILES string of the molecule is CSc1ccccc1C(=O)Nc1cc(C)nn1-c1ncnc2c1cnn2-c1cccc(Cl)c1. The minimum absolute atomic E-state index is 0.221. The predicted octanol–water partition coefficient (Wildman–Crippen LogP) is 4.94. The molecule has 0 spiro atoms. The number of halogens is 1. The lowest BCUT2D eigenvalue weighted by atomic mass is 10.2. The zero-order chi connectivity index (χ0) is 22.9. The normalized spacial score (nSPS) is 11.1. The van der Waals surface area contributed by atoms with Crippen molar-refractivity contribution in [2.75, 3.05) is 11.6 Å². The van der Waals surface area contributed by atoms with Gasteiger partial charge in [-0.25, -0.2) is 14.6 Å². The average Bonchev–Trinajstić information content (AvgIpc) is 3.42. The van der Waals surface area contributed by atoms with Crippen LogP contribution < -0.4 is 5.32 Å². The molecule has 0 fully saturated rings. The summed E-state index contributed by atoms with van der Waals surface area (Å²) in [5.41, 5.74) is 2.70. The second-order valence-electron chi connectivity index (χ2n) is 7.21. The maximum absolute atomic E-state index is 13.0. The highest BCUT2D eigenvalue weighted by molar-refractivity contribution is 7.98. The molecule has 164 valence electrons. The number of aromatic nitrogens is 6. The Labute approximate surface area is 198 Å². The van der Waals surface area contributed by atoms with Crippen molar-refractivity contribution in [1.82, 2.24) is 29.5 Å². The van der Waals surface area contributed by atoms with Crippen LogP contribution in [-0.4, -0.2) is 41.7 Å². The molecule has 0 unspecified atom stereocenters. The Morgan fingerprint density at radius 3 is 2.73 bits per heavy atom. The summed E-state index contributed by atoms with van der Waals surface area (Å²) in [5.74, 6) is 0.791. The van der Waals surface area contributed by atoms with Gasteiger partial charge in [0.25, 0.3) is 5.91 Å². The van der Waals surface area contributed by atoms with Gasteiger partial charge in [-0.1, -0.05) is 29.8 Å². The molecule has 0 bridgehead atoms. The highest BCUT2D eigenvalue weighted by Crippen LogP contribution is 2.26. The number of fused-ring (bicyclic) bond motifs is 1. The molecule has 0 saturated carbocycles. The van der Waals surface area contributed by atoms with Gasteiger partial charge < -0.3 is 5.32 Å². The first kappa shape index (κ1) is 21.2. The number of nitrogens with one attached hydrogen (secondary N) is 1. The van der Waals surface area contributed by atoms with Crippen molar-refractivity contribution >= 4 is 46.1 Å². The fraction of sp³-hybridized carbons (Fsp3) is 0.0870. The zero-order valence-corrected chi connectivity index (χ0v) is 19.3. The van der Waals surface area contributed by atoms with Gasteiger partial charge in [0.15, 0.2) is 11.5 Å². The largest absolute Gasteiger partial charge is 0.306 e. The van der Waals surface area contributed by atoms with Crippen molar-refractivity contribution in [3.8, 4) is 11.5 Å². The second kappa shape index (κ2) is 8.68. The van der Waals surface area contributed by atoms with E-state index in [1.165, 1.54) is 18.1 Å². The number of benzene rings is 2. The van der Waals surface area contributed by atoms with E-state index in [0.717, 1.165) is 16.3 Å². The van der Waals surface area contributed by atoms with Crippen LogP contribution in [0.5, 0.6) is 0 Å². The van der Waals surface area contributed by atoms with Crippen LogP contribution >= 0.6 is 23.4 Å². The van der Waals surface area contributed by atoms with Crippen LogP contribution in [0.15, 0.2) is 72.0 Å². The maximum Gasteiger partial charge on any atom is 0.257 e. The number of thioether (sulfide) groups is 1. The summed E-state index contributed by atoms with van der Waals surface area (Å²) in [4.78, 5) is 22.8. The lowest BCUT2D eigenvalue weighted by Crippen LogP contribution is -2.16. The van der Waals surface area contributed by atoms with E-state index in [1.807, 2.05) is 49.6 Å². The smallest absolute Gasteiger partial charge is 0.257 e. The number of aryl methyl sites for hydroxylation is 1. The first-order chi connectivity index (χ1) is 16.0. The van der Waals surface area contributed by atoms with E-state index in [0.29, 0.717) is 33.3 Å². The topological polar surface area (TPSA) is 90.5 Å². The summed E-state index contributed by atoms with van der Waals surface area (Å²) in [6.07, 6.45) is 5.07. The van der Waals surface area contributed by atoms with Gasteiger partial charge in [0.1, 0.15) is 12.1 Å². The van der Waals surface area contributed by atoms with E-state index >= 15 is 0 Å². The van der Waals surface area contributed by atoms with Crippen LogP contribution in [0.25, 0.3) is 22.5 Å². The molecule has 0 aliphatic heterocycles. The van der Waals surface area contributed by atoms with E-state index in [4.69, 9.17) is 11.6 Å². The second-order valence-corrected chi connectivity index (χ2v) is 8.49. The number of carbonyl (C=O) groups is 1. The van der Waals surface area contributed by atoms with Crippen molar-refractivity contribution in [3.63, 3.8) is 0 Å². The van der Waals surface area contributed by atoms with E-state index < -0.39 is 0 Å². The minimum atomic E-state index is -0.221. The predicted molar refractivity (Wildman–Crippen MR) is 130 cm³/mol. The molecule has 5 rings (SSSR count). The average molecular weight is 476 g/mol. The molecule has 0 radical (unpaired) electrons. The molecule has 3 heterocycles. The number of nitrogens with zero attached hydrogens (tertiary/aromatic N) is 6. The Kier molecular flexibility index (Phi) is 5.57. The molecule has 8 nitrogen and oxygen atoms in total. The quantitative estimate of drug-likeness (QED) is 0.362. The zero-order valence-electron chi connectivity index (χ0n) is 17.7. The van der Waals surface area contributed by atoms with Crippen LogP contribution in [0.4, 0.5) is 5.82 Å². The van der Waals surface area contributed by atoms with Crippen molar-refractivity contribution in [3.05, 3.63) is 83.4 Å². The Morgan fingerprint density at radius 2 is 1.91 bits per heavy atom. The lowest BCUT2D eigenvalue weighted by Gasteiger charge is -2.11. The highest BCUT2D eigenvalue weighted by atomic mass is 35.5. The Balaban J connectivity index is 1.57. The molecule has 2 aromatic carbocycles. The Hall–Kier alpha value is -3.69. The van der Waals surface area contributed by atoms with E-state index in [9.17, 15) is 4.79 Å². The van der Waals surface area contributed by atoms with Crippen molar-refractivity contribution in [2.24, 2.45) is 0 Å². The molecule has 0 saturated heterocycles. The summed E-state index contributed by atoms with van der Waals surface area (Å²) in [6.45, 7) is 1.86. The number of rotatable bonds is 5. The molecule has 5 aromatic rings. The molecule has 10 heteroatoms. The number of hydrogen-bond acceptors (Lipinski definition) is 6. The lowest BCUT2D eigenvalue weighted by molar-refractivity contribution is 0.102. The maximum atomic E-state index is 13.0. The number of carbonyl (C=O) groups excluding carboxylic acids is 1. The van der Waals surface area contributed by atoms with Crippen LogP contribution in [0.3, 0.4) is 0 Å². The fourth-order valence-electron chi connectivity index (χ4n) is 3.56. The molecular weight excluding hydrogens is 458 g/mol. The van der Waals surface area contributed by atoms with Crippen LogP contribution in [0.1, 0.15) is 16.1 Å². The molecule has 0 aliphatic carbocycles. The molecule has 3 aromatic heterocycles.